The number of nitriles is 2. The van der Waals surface area contributed by atoms with Crippen LogP contribution in [0.2, 0.25) is 10.0 Å². The van der Waals surface area contributed by atoms with Crippen LogP contribution in [-0.4, -0.2) is 0 Å². The Hall–Kier alpha value is -2.53. The zero-order chi connectivity index (χ0) is 16.8. The molecule has 114 valence electrons. The summed E-state index contributed by atoms with van der Waals surface area (Å²) in [5.41, 5.74) is 0.573. The van der Waals surface area contributed by atoms with E-state index in [4.69, 9.17) is 38.5 Å². The number of rotatable bonds is 4. The van der Waals surface area contributed by atoms with Crippen LogP contribution in [0, 0.1) is 28.5 Å². The summed E-state index contributed by atoms with van der Waals surface area (Å²) in [6.45, 7) is -0.0948. The lowest BCUT2D eigenvalue weighted by molar-refractivity contribution is 0.299. The van der Waals surface area contributed by atoms with Gasteiger partial charge in [-0.1, -0.05) is 29.3 Å². The van der Waals surface area contributed by atoms with Gasteiger partial charge in [0.25, 0.3) is 0 Å². The third-order valence-corrected chi connectivity index (χ3v) is 3.54. The Labute approximate surface area is 142 Å². The zero-order valence-corrected chi connectivity index (χ0v) is 13.2. The van der Waals surface area contributed by atoms with Gasteiger partial charge in [-0.05, 0) is 36.4 Å². The first-order valence-corrected chi connectivity index (χ1v) is 7.18. The molecule has 0 aromatic heterocycles. The largest absolute Gasteiger partial charge is 0.488 e. The van der Waals surface area contributed by atoms with E-state index < -0.39 is 5.82 Å². The van der Waals surface area contributed by atoms with Crippen molar-refractivity contribution in [2.45, 2.75) is 6.61 Å². The molecule has 0 aliphatic heterocycles. The first-order chi connectivity index (χ1) is 11.0. The van der Waals surface area contributed by atoms with Gasteiger partial charge in [0.05, 0.1) is 5.02 Å². The molecular weight excluding hydrogens is 338 g/mol. The van der Waals surface area contributed by atoms with Gasteiger partial charge in [-0.2, -0.15) is 10.5 Å². The van der Waals surface area contributed by atoms with E-state index >= 15 is 0 Å². The molecule has 0 aliphatic carbocycles. The molecule has 2 aromatic carbocycles. The summed E-state index contributed by atoms with van der Waals surface area (Å²) in [6, 6.07) is 12.6. The predicted molar refractivity (Wildman–Crippen MR) is 86.4 cm³/mol. The van der Waals surface area contributed by atoms with Gasteiger partial charge < -0.3 is 4.74 Å². The van der Waals surface area contributed by atoms with Crippen molar-refractivity contribution < 1.29 is 9.13 Å². The molecule has 3 nitrogen and oxygen atoms in total. The number of allylic oxidation sites excluding steroid dienone is 1. The van der Waals surface area contributed by atoms with Crippen LogP contribution >= 0.6 is 23.2 Å². The lowest BCUT2D eigenvalue weighted by Gasteiger charge is -2.11. The summed E-state index contributed by atoms with van der Waals surface area (Å²) >= 11 is 11.9. The Morgan fingerprint density at radius 3 is 2.57 bits per heavy atom. The van der Waals surface area contributed by atoms with Gasteiger partial charge in [0.15, 0.2) is 0 Å². The van der Waals surface area contributed by atoms with E-state index in [1.54, 1.807) is 36.4 Å². The average Bonchev–Trinajstić information content (AvgIpc) is 2.53. The van der Waals surface area contributed by atoms with Gasteiger partial charge in [-0.15, -0.1) is 0 Å². The molecule has 2 aromatic rings. The van der Waals surface area contributed by atoms with Crippen molar-refractivity contribution in [3.05, 3.63) is 69.0 Å². The highest BCUT2D eigenvalue weighted by Gasteiger charge is 2.10. The van der Waals surface area contributed by atoms with Crippen LogP contribution in [0.25, 0.3) is 6.08 Å². The second-order valence-corrected chi connectivity index (χ2v) is 5.30. The van der Waals surface area contributed by atoms with Crippen LogP contribution < -0.4 is 4.74 Å². The molecule has 0 saturated carbocycles. The van der Waals surface area contributed by atoms with Crippen LogP contribution in [0.5, 0.6) is 5.75 Å². The van der Waals surface area contributed by atoms with Crippen molar-refractivity contribution in [2.24, 2.45) is 0 Å². The molecule has 23 heavy (non-hydrogen) atoms. The third kappa shape index (κ3) is 4.23. The Morgan fingerprint density at radius 1 is 1.17 bits per heavy atom. The van der Waals surface area contributed by atoms with Crippen molar-refractivity contribution in [2.75, 3.05) is 0 Å². The van der Waals surface area contributed by atoms with Crippen LogP contribution in [0.4, 0.5) is 4.39 Å². The average molecular weight is 347 g/mol. The molecule has 0 unspecified atom stereocenters. The third-order valence-electron chi connectivity index (χ3n) is 2.95. The highest BCUT2D eigenvalue weighted by atomic mass is 35.5. The highest BCUT2D eigenvalue weighted by Crippen LogP contribution is 2.27. The number of halogens is 3. The lowest BCUT2D eigenvalue weighted by atomic mass is 10.1. The van der Waals surface area contributed by atoms with Crippen molar-refractivity contribution in [1.82, 2.24) is 0 Å². The molecule has 0 aliphatic rings. The van der Waals surface area contributed by atoms with E-state index in [2.05, 4.69) is 0 Å². The minimum Gasteiger partial charge on any atom is -0.488 e. The molecule has 2 rings (SSSR count). The lowest BCUT2D eigenvalue weighted by Crippen LogP contribution is -2.00. The summed E-state index contributed by atoms with van der Waals surface area (Å²) < 4.78 is 19.3. The Balaban J connectivity index is 2.33. The Kier molecular flexibility index (Phi) is 5.60. The van der Waals surface area contributed by atoms with Crippen LogP contribution in [0.1, 0.15) is 11.1 Å². The van der Waals surface area contributed by atoms with Gasteiger partial charge in [0.2, 0.25) is 0 Å². The SMILES string of the molecule is N#CC(C#N)=Cc1cc(Cl)ccc1OCc1c(F)cccc1Cl. The predicted octanol–water partition coefficient (Wildman–Crippen LogP) is 5.14. The number of hydrogen-bond donors (Lipinski definition) is 0. The molecule has 0 heterocycles. The fourth-order valence-corrected chi connectivity index (χ4v) is 2.23. The van der Waals surface area contributed by atoms with E-state index in [0.29, 0.717) is 16.3 Å². The summed E-state index contributed by atoms with van der Waals surface area (Å²) in [5, 5.41) is 18.4. The van der Waals surface area contributed by atoms with Crippen LogP contribution in [-0.2, 0) is 6.61 Å². The zero-order valence-electron chi connectivity index (χ0n) is 11.7. The van der Waals surface area contributed by atoms with E-state index in [-0.39, 0.29) is 22.8 Å². The summed E-state index contributed by atoms with van der Waals surface area (Å²) in [5.74, 6) is -0.116. The molecule has 0 saturated heterocycles. The standard InChI is InChI=1S/C17H9Cl2FN2O/c18-13-4-5-17(12(7-13)6-11(8-21)9-22)23-10-14-15(19)2-1-3-16(14)20/h1-7H,10H2. The smallest absolute Gasteiger partial charge is 0.131 e. The Bertz CT molecular complexity index is 814. The van der Waals surface area contributed by atoms with Crippen molar-refractivity contribution in [3.63, 3.8) is 0 Å². The van der Waals surface area contributed by atoms with Gasteiger partial charge in [-0.3, -0.25) is 0 Å². The van der Waals surface area contributed by atoms with E-state index in [1.807, 2.05) is 0 Å². The normalized spacial score (nSPS) is 9.61. The highest BCUT2D eigenvalue weighted by molar-refractivity contribution is 6.31. The fraction of sp³-hybridized carbons (Fsp3) is 0.0588. The van der Waals surface area contributed by atoms with Gasteiger partial charge >= 0.3 is 0 Å². The van der Waals surface area contributed by atoms with Crippen LogP contribution in [0.3, 0.4) is 0 Å². The topological polar surface area (TPSA) is 56.8 Å². The molecule has 0 bridgehead atoms. The second kappa shape index (κ2) is 7.65. The number of ether oxygens (including phenoxy) is 1. The monoisotopic (exact) mass is 346 g/mol. The van der Waals surface area contributed by atoms with Gasteiger partial charge in [0, 0.05) is 16.1 Å². The molecule has 0 N–H and O–H groups in total. The van der Waals surface area contributed by atoms with E-state index in [1.165, 1.54) is 18.2 Å². The first kappa shape index (κ1) is 16.8. The molecule has 0 radical (unpaired) electrons. The summed E-state index contributed by atoms with van der Waals surface area (Å²) in [4.78, 5) is 0. The quantitative estimate of drug-likeness (QED) is 0.720. The van der Waals surface area contributed by atoms with Crippen molar-refractivity contribution in [3.8, 4) is 17.9 Å². The van der Waals surface area contributed by atoms with E-state index in [0.717, 1.165) is 0 Å². The maximum atomic E-state index is 13.8. The fourth-order valence-electron chi connectivity index (χ4n) is 1.83. The molecule has 0 atom stereocenters. The number of benzene rings is 2. The Morgan fingerprint density at radius 2 is 1.91 bits per heavy atom. The number of hydrogen-bond acceptors (Lipinski definition) is 3. The second-order valence-electron chi connectivity index (χ2n) is 4.45. The molecule has 0 amide bonds. The molecule has 6 heteroatoms. The first-order valence-electron chi connectivity index (χ1n) is 6.42. The van der Waals surface area contributed by atoms with E-state index in [9.17, 15) is 4.39 Å². The maximum Gasteiger partial charge on any atom is 0.131 e. The minimum atomic E-state index is -0.474. The molecule has 0 spiro atoms. The molecular formula is C17H9Cl2FN2O. The summed E-state index contributed by atoms with van der Waals surface area (Å²) in [7, 11) is 0. The number of nitrogens with zero attached hydrogens (tertiary/aromatic N) is 2. The van der Waals surface area contributed by atoms with Crippen LogP contribution in [0.15, 0.2) is 42.0 Å². The van der Waals surface area contributed by atoms with Gasteiger partial charge in [-0.25, -0.2) is 4.39 Å². The summed E-state index contributed by atoms with van der Waals surface area (Å²) in [6.07, 6.45) is 1.35. The molecule has 0 fully saturated rings. The minimum absolute atomic E-state index is 0.0948. The van der Waals surface area contributed by atoms with Gasteiger partial charge in [0.1, 0.15) is 35.9 Å². The maximum absolute atomic E-state index is 13.8. The van der Waals surface area contributed by atoms with Crippen molar-refractivity contribution >= 4 is 29.3 Å². The van der Waals surface area contributed by atoms with Crippen molar-refractivity contribution in [1.29, 1.82) is 10.5 Å².